The predicted molar refractivity (Wildman–Crippen MR) is 70.6 cm³/mol. The number of ether oxygens (including phenoxy) is 1. The van der Waals surface area contributed by atoms with Crippen LogP contribution in [0, 0.1) is 35.3 Å². The monoisotopic (exact) mass is 272 g/mol. The predicted octanol–water partition coefficient (Wildman–Crippen LogP) is 2.61. The van der Waals surface area contributed by atoms with Gasteiger partial charge in [-0.15, -0.1) is 0 Å². The summed E-state index contributed by atoms with van der Waals surface area (Å²) in [5.74, 6) is 0.319. The van der Waals surface area contributed by atoms with Crippen LogP contribution in [0.1, 0.15) is 16.8 Å². The molecule has 1 heterocycles. The molecule has 0 atom stereocenters. The number of nitrogens with zero attached hydrogens (tertiary/aromatic N) is 4. The maximum Gasteiger partial charge on any atom is 0.311 e. The standard InChI is InChI=1S/C13H12N4O3/c1-8-5-4-6-11(17(18)19)12(8)20-13-10(7-14)9(2)15-16(13)3/h4-6H,1-3H3. The Morgan fingerprint density at radius 3 is 2.75 bits per heavy atom. The first-order valence-corrected chi connectivity index (χ1v) is 5.81. The van der Waals surface area contributed by atoms with Crippen LogP contribution < -0.4 is 4.74 Å². The third-order valence-electron chi connectivity index (χ3n) is 2.87. The minimum Gasteiger partial charge on any atom is -0.430 e. The highest BCUT2D eigenvalue weighted by molar-refractivity contribution is 5.54. The van der Waals surface area contributed by atoms with Crippen molar-refractivity contribution in [2.45, 2.75) is 13.8 Å². The van der Waals surface area contributed by atoms with Crippen LogP contribution in [0.15, 0.2) is 18.2 Å². The van der Waals surface area contributed by atoms with E-state index in [2.05, 4.69) is 5.10 Å². The Bertz CT molecular complexity index is 728. The molecule has 0 saturated heterocycles. The van der Waals surface area contributed by atoms with Crippen molar-refractivity contribution in [1.82, 2.24) is 9.78 Å². The molecular formula is C13H12N4O3. The smallest absolute Gasteiger partial charge is 0.311 e. The molecule has 0 aliphatic rings. The number of para-hydroxylation sites is 1. The van der Waals surface area contributed by atoms with E-state index in [0.29, 0.717) is 11.3 Å². The number of nitriles is 1. The van der Waals surface area contributed by atoms with E-state index in [4.69, 9.17) is 10.00 Å². The van der Waals surface area contributed by atoms with Crippen LogP contribution in [-0.4, -0.2) is 14.7 Å². The highest BCUT2D eigenvalue weighted by atomic mass is 16.6. The summed E-state index contributed by atoms with van der Waals surface area (Å²) in [6.45, 7) is 3.38. The molecule has 0 aliphatic carbocycles. The molecule has 20 heavy (non-hydrogen) atoms. The van der Waals surface area contributed by atoms with Crippen LogP contribution >= 0.6 is 0 Å². The second kappa shape index (κ2) is 5.01. The Labute approximate surface area is 115 Å². The van der Waals surface area contributed by atoms with Crippen molar-refractivity contribution in [1.29, 1.82) is 5.26 Å². The van der Waals surface area contributed by atoms with Gasteiger partial charge in [0.05, 0.1) is 10.6 Å². The first-order chi connectivity index (χ1) is 9.45. The molecule has 0 N–H and O–H groups in total. The normalized spacial score (nSPS) is 10.1. The average molecular weight is 272 g/mol. The van der Waals surface area contributed by atoms with E-state index < -0.39 is 4.92 Å². The maximum absolute atomic E-state index is 11.0. The van der Waals surface area contributed by atoms with E-state index in [0.717, 1.165) is 0 Å². The summed E-state index contributed by atoms with van der Waals surface area (Å²) in [4.78, 5) is 10.5. The Hall–Kier alpha value is -2.88. The average Bonchev–Trinajstić information content (AvgIpc) is 2.65. The van der Waals surface area contributed by atoms with E-state index in [1.165, 1.54) is 10.7 Å². The molecule has 0 bridgehead atoms. The van der Waals surface area contributed by atoms with Gasteiger partial charge in [-0.1, -0.05) is 12.1 Å². The summed E-state index contributed by atoms with van der Waals surface area (Å²) in [6.07, 6.45) is 0. The fourth-order valence-corrected chi connectivity index (χ4v) is 1.89. The minimum absolute atomic E-state index is 0.122. The molecule has 2 aromatic rings. The van der Waals surface area contributed by atoms with Gasteiger partial charge in [0, 0.05) is 13.1 Å². The number of nitro benzene ring substituents is 1. The first-order valence-electron chi connectivity index (χ1n) is 5.81. The lowest BCUT2D eigenvalue weighted by atomic mass is 10.2. The SMILES string of the molecule is Cc1cccc([N+](=O)[O-])c1Oc1c(C#N)c(C)nn1C. The quantitative estimate of drug-likeness (QED) is 0.632. The second-order valence-corrected chi connectivity index (χ2v) is 4.28. The van der Waals surface area contributed by atoms with Crippen molar-refractivity contribution in [2.75, 3.05) is 0 Å². The van der Waals surface area contributed by atoms with Crippen LogP contribution in [0.2, 0.25) is 0 Å². The molecule has 0 amide bonds. The number of hydrogen-bond donors (Lipinski definition) is 0. The summed E-state index contributed by atoms with van der Waals surface area (Å²) < 4.78 is 7.00. The van der Waals surface area contributed by atoms with Crippen molar-refractivity contribution >= 4 is 5.69 Å². The first kappa shape index (κ1) is 13.5. The van der Waals surface area contributed by atoms with Gasteiger partial charge in [-0.05, 0) is 19.4 Å². The summed E-state index contributed by atoms with van der Waals surface area (Å²) in [6, 6.07) is 6.64. The number of hydrogen-bond acceptors (Lipinski definition) is 5. The Kier molecular flexibility index (Phi) is 3.39. The van der Waals surface area contributed by atoms with Gasteiger partial charge < -0.3 is 4.74 Å². The molecule has 7 heteroatoms. The number of rotatable bonds is 3. The molecule has 0 aliphatic heterocycles. The van der Waals surface area contributed by atoms with E-state index in [-0.39, 0.29) is 22.9 Å². The lowest BCUT2D eigenvalue weighted by molar-refractivity contribution is -0.385. The third kappa shape index (κ3) is 2.19. The molecule has 0 saturated carbocycles. The Balaban J connectivity index is 2.57. The van der Waals surface area contributed by atoms with Gasteiger partial charge in [-0.2, -0.15) is 10.4 Å². The zero-order chi connectivity index (χ0) is 14.9. The largest absolute Gasteiger partial charge is 0.430 e. The highest BCUT2D eigenvalue weighted by Gasteiger charge is 2.22. The summed E-state index contributed by atoms with van der Waals surface area (Å²) in [7, 11) is 1.62. The molecular weight excluding hydrogens is 260 g/mol. The van der Waals surface area contributed by atoms with Crippen molar-refractivity contribution in [3.63, 3.8) is 0 Å². The molecule has 1 aromatic heterocycles. The number of benzene rings is 1. The summed E-state index contributed by atoms with van der Waals surface area (Å²) in [5.41, 5.74) is 1.25. The van der Waals surface area contributed by atoms with Gasteiger partial charge in [0.1, 0.15) is 11.6 Å². The topological polar surface area (TPSA) is 94.0 Å². The van der Waals surface area contributed by atoms with E-state index >= 15 is 0 Å². The van der Waals surface area contributed by atoms with Gasteiger partial charge in [0.2, 0.25) is 11.6 Å². The molecule has 1 aromatic carbocycles. The van der Waals surface area contributed by atoms with Gasteiger partial charge in [-0.3, -0.25) is 10.1 Å². The second-order valence-electron chi connectivity index (χ2n) is 4.28. The number of aryl methyl sites for hydroxylation is 3. The molecule has 0 radical (unpaired) electrons. The summed E-state index contributed by atoms with van der Waals surface area (Å²) >= 11 is 0. The highest BCUT2D eigenvalue weighted by Crippen LogP contribution is 2.35. The van der Waals surface area contributed by atoms with Crippen molar-refractivity contribution in [2.24, 2.45) is 7.05 Å². The molecule has 7 nitrogen and oxygen atoms in total. The fourth-order valence-electron chi connectivity index (χ4n) is 1.89. The van der Waals surface area contributed by atoms with E-state index in [9.17, 15) is 10.1 Å². The molecule has 0 unspecified atom stereocenters. The minimum atomic E-state index is -0.516. The van der Waals surface area contributed by atoms with Gasteiger partial charge in [-0.25, -0.2) is 4.68 Å². The van der Waals surface area contributed by atoms with Crippen molar-refractivity contribution < 1.29 is 9.66 Å². The van der Waals surface area contributed by atoms with Crippen LogP contribution in [-0.2, 0) is 7.05 Å². The van der Waals surface area contributed by atoms with Gasteiger partial charge >= 0.3 is 5.69 Å². The molecule has 2 rings (SSSR count). The van der Waals surface area contributed by atoms with Crippen LogP contribution in [0.3, 0.4) is 0 Å². The van der Waals surface area contributed by atoms with Gasteiger partial charge in [0.25, 0.3) is 0 Å². The number of nitro groups is 1. The van der Waals surface area contributed by atoms with Crippen molar-refractivity contribution in [3.05, 3.63) is 45.1 Å². The van der Waals surface area contributed by atoms with Crippen LogP contribution in [0.25, 0.3) is 0 Å². The zero-order valence-corrected chi connectivity index (χ0v) is 11.2. The molecule has 0 spiro atoms. The molecule has 102 valence electrons. The van der Waals surface area contributed by atoms with Crippen molar-refractivity contribution in [3.8, 4) is 17.7 Å². The summed E-state index contributed by atoms with van der Waals surface area (Å²) in [5, 5.41) is 24.2. The maximum atomic E-state index is 11.0. The lowest BCUT2D eigenvalue weighted by Crippen LogP contribution is -2.00. The lowest BCUT2D eigenvalue weighted by Gasteiger charge is -2.09. The third-order valence-corrected chi connectivity index (χ3v) is 2.87. The van der Waals surface area contributed by atoms with E-state index in [1.807, 2.05) is 6.07 Å². The zero-order valence-electron chi connectivity index (χ0n) is 11.2. The Morgan fingerprint density at radius 1 is 1.45 bits per heavy atom. The fraction of sp³-hybridized carbons (Fsp3) is 0.231. The van der Waals surface area contributed by atoms with Crippen LogP contribution in [0.5, 0.6) is 11.6 Å². The Morgan fingerprint density at radius 2 is 2.15 bits per heavy atom. The van der Waals surface area contributed by atoms with Gasteiger partial charge in [0.15, 0.2) is 0 Å². The molecule has 0 fully saturated rings. The van der Waals surface area contributed by atoms with E-state index in [1.54, 1.807) is 33.0 Å². The number of aromatic nitrogens is 2. The van der Waals surface area contributed by atoms with Crippen LogP contribution in [0.4, 0.5) is 5.69 Å².